The number of hydrogen-bond donors (Lipinski definition) is 2. The summed E-state index contributed by atoms with van der Waals surface area (Å²) >= 11 is 0. The van der Waals surface area contributed by atoms with Gasteiger partial charge in [0.25, 0.3) is 0 Å². The molecule has 0 aromatic heterocycles. The first kappa shape index (κ1) is 17.6. The third-order valence-electron chi connectivity index (χ3n) is 3.97. The maximum atomic E-state index is 12.7. The van der Waals surface area contributed by atoms with Crippen molar-refractivity contribution in [1.29, 1.82) is 0 Å². The van der Waals surface area contributed by atoms with Crippen LogP contribution in [0, 0.1) is 5.41 Å². The highest BCUT2D eigenvalue weighted by Gasteiger charge is 2.39. The third kappa shape index (κ3) is 4.27. The average molecular weight is 297 g/mol. The number of likely N-dealkylation sites (N-methyl/N-ethyl adjacent to an activating group) is 1. The van der Waals surface area contributed by atoms with Gasteiger partial charge >= 0.3 is 0 Å². The van der Waals surface area contributed by atoms with Gasteiger partial charge in [-0.2, -0.15) is 0 Å². The second-order valence-corrected chi connectivity index (χ2v) is 6.70. The molecule has 0 bridgehead atoms. The van der Waals surface area contributed by atoms with E-state index in [0.29, 0.717) is 13.0 Å². The van der Waals surface area contributed by atoms with E-state index in [1.165, 1.54) is 0 Å². The van der Waals surface area contributed by atoms with Crippen LogP contribution in [0.3, 0.4) is 0 Å². The molecule has 3 atom stereocenters. The van der Waals surface area contributed by atoms with Crippen molar-refractivity contribution >= 4 is 18.1 Å². The number of nitrogens with zero attached hydrogens (tertiary/aromatic N) is 1. The molecule has 0 radical (unpaired) electrons. The molecule has 1 aliphatic rings. The fraction of sp³-hybridized carbons (Fsp3) is 0.800. The summed E-state index contributed by atoms with van der Waals surface area (Å²) in [5, 5.41) is 5.68. The van der Waals surface area contributed by atoms with E-state index in [9.17, 15) is 14.4 Å². The van der Waals surface area contributed by atoms with Crippen molar-refractivity contribution in [3.63, 3.8) is 0 Å². The van der Waals surface area contributed by atoms with E-state index in [1.807, 2.05) is 20.8 Å². The molecule has 0 saturated carbocycles. The molecular formula is C15H27N3O3. The van der Waals surface area contributed by atoms with E-state index in [2.05, 4.69) is 10.6 Å². The maximum Gasteiger partial charge on any atom is 0.246 e. The SMILES string of the molecule is CN[C@@H](C)C(=O)N[C@H](C(=O)N1CCC[C@H]1C=O)C(C)(C)C. The largest absolute Gasteiger partial charge is 0.342 e. The number of nitrogens with one attached hydrogen (secondary N) is 2. The topological polar surface area (TPSA) is 78.5 Å². The summed E-state index contributed by atoms with van der Waals surface area (Å²) in [5.41, 5.74) is -0.420. The van der Waals surface area contributed by atoms with Crippen LogP contribution in [-0.4, -0.2) is 54.7 Å². The molecule has 1 rings (SSSR count). The van der Waals surface area contributed by atoms with Gasteiger partial charge in [-0.25, -0.2) is 0 Å². The number of carbonyl (C=O) groups is 3. The normalized spacial score (nSPS) is 21.8. The Morgan fingerprint density at radius 1 is 1.33 bits per heavy atom. The Kier molecular flexibility index (Phi) is 5.89. The van der Waals surface area contributed by atoms with Crippen LogP contribution in [0.4, 0.5) is 0 Å². The lowest BCUT2D eigenvalue weighted by molar-refractivity contribution is -0.141. The lowest BCUT2D eigenvalue weighted by atomic mass is 9.85. The summed E-state index contributed by atoms with van der Waals surface area (Å²) in [7, 11) is 1.70. The fourth-order valence-electron chi connectivity index (χ4n) is 2.42. The molecule has 1 heterocycles. The molecular weight excluding hydrogens is 270 g/mol. The van der Waals surface area contributed by atoms with Crippen molar-refractivity contribution in [2.75, 3.05) is 13.6 Å². The Hall–Kier alpha value is -1.43. The lowest BCUT2D eigenvalue weighted by Crippen LogP contribution is -2.58. The van der Waals surface area contributed by atoms with Gasteiger partial charge in [0.05, 0.1) is 12.1 Å². The minimum Gasteiger partial charge on any atom is -0.342 e. The quantitative estimate of drug-likeness (QED) is 0.716. The summed E-state index contributed by atoms with van der Waals surface area (Å²) < 4.78 is 0. The van der Waals surface area contributed by atoms with Crippen molar-refractivity contribution in [2.24, 2.45) is 5.41 Å². The first-order valence-electron chi connectivity index (χ1n) is 7.45. The van der Waals surface area contributed by atoms with Gasteiger partial charge in [0, 0.05) is 6.54 Å². The summed E-state index contributed by atoms with van der Waals surface area (Å²) in [6, 6.07) is -1.37. The molecule has 1 aliphatic heterocycles. The van der Waals surface area contributed by atoms with Crippen molar-refractivity contribution in [2.45, 2.75) is 58.7 Å². The number of amides is 2. The van der Waals surface area contributed by atoms with Crippen LogP contribution in [0.25, 0.3) is 0 Å². The average Bonchev–Trinajstić information content (AvgIpc) is 2.89. The summed E-state index contributed by atoms with van der Waals surface area (Å²) in [4.78, 5) is 37.5. The molecule has 0 spiro atoms. The Morgan fingerprint density at radius 3 is 2.43 bits per heavy atom. The van der Waals surface area contributed by atoms with Crippen LogP contribution in [0.2, 0.25) is 0 Å². The zero-order chi connectivity index (χ0) is 16.2. The van der Waals surface area contributed by atoms with Crippen molar-refractivity contribution in [3.8, 4) is 0 Å². The number of carbonyl (C=O) groups excluding carboxylic acids is 3. The summed E-state index contributed by atoms with van der Waals surface area (Å²) in [6.45, 7) is 8.04. The zero-order valence-electron chi connectivity index (χ0n) is 13.6. The van der Waals surface area contributed by atoms with Crippen molar-refractivity contribution in [3.05, 3.63) is 0 Å². The predicted octanol–water partition coefficient (Wildman–Crippen LogP) is 0.315. The highest BCUT2D eigenvalue weighted by atomic mass is 16.2. The van der Waals surface area contributed by atoms with Crippen molar-refractivity contribution < 1.29 is 14.4 Å². The van der Waals surface area contributed by atoms with Crippen LogP contribution in [-0.2, 0) is 14.4 Å². The minimum atomic E-state index is -0.638. The molecule has 120 valence electrons. The molecule has 1 fully saturated rings. The molecule has 0 aromatic carbocycles. The zero-order valence-corrected chi connectivity index (χ0v) is 13.6. The van der Waals surface area contributed by atoms with Crippen LogP contribution in [0.5, 0.6) is 0 Å². The van der Waals surface area contributed by atoms with Crippen LogP contribution in [0.1, 0.15) is 40.5 Å². The van der Waals surface area contributed by atoms with Crippen LogP contribution < -0.4 is 10.6 Å². The van der Waals surface area contributed by atoms with Gasteiger partial charge < -0.3 is 20.3 Å². The van der Waals surface area contributed by atoms with E-state index < -0.39 is 11.5 Å². The Morgan fingerprint density at radius 2 is 1.95 bits per heavy atom. The highest BCUT2D eigenvalue weighted by Crippen LogP contribution is 2.25. The molecule has 6 heteroatoms. The number of likely N-dealkylation sites (tertiary alicyclic amines) is 1. The number of hydrogen-bond acceptors (Lipinski definition) is 4. The first-order chi connectivity index (χ1) is 9.72. The minimum absolute atomic E-state index is 0.172. The van der Waals surface area contributed by atoms with E-state index in [4.69, 9.17) is 0 Å². The lowest BCUT2D eigenvalue weighted by Gasteiger charge is -2.35. The van der Waals surface area contributed by atoms with Gasteiger partial charge in [0.15, 0.2) is 0 Å². The van der Waals surface area contributed by atoms with E-state index >= 15 is 0 Å². The van der Waals surface area contributed by atoms with Crippen LogP contribution >= 0.6 is 0 Å². The molecule has 1 saturated heterocycles. The highest BCUT2D eigenvalue weighted by molar-refractivity contribution is 5.91. The Balaban J connectivity index is 2.90. The van der Waals surface area contributed by atoms with E-state index in [0.717, 1.165) is 12.7 Å². The van der Waals surface area contributed by atoms with Gasteiger partial charge in [-0.15, -0.1) is 0 Å². The van der Waals surface area contributed by atoms with E-state index in [1.54, 1.807) is 18.9 Å². The van der Waals surface area contributed by atoms with Gasteiger partial charge in [-0.05, 0) is 32.2 Å². The fourth-order valence-corrected chi connectivity index (χ4v) is 2.42. The maximum absolute atomic E-state index is 12.7. The van der Waals surface area contributed by atoms with Gasteiger partial charge in [0.2, 0.25) is 11.8 Å². The molecule has 2 N–H and O–H groups in total. The first-order valence-corrected chi connectivity index (χ1v) is 7.45. The Labute approximate surface area is 126 Å². The molecule has 21 heavy (non-hydrogen) atoms. The van der Waals surface area contributed by atoms with E-state index in [-0.39, 0.29) is 23.9 Å². The molecule has 0 aliphatic carbocycles. The standard InChI is InChI=1S/C15H27N3O3/c1-10(16-5)13(20)17-12(15(2,3)4)14(21)18-8-6-7-11(18)9-19/h9-12,16H,6-8H2,1-5H3,(H,17,20)/t10-,11-,12+/m0/s1. The van der Waals surface area contributed by atoms with Gasteiger partial charge in [0.1, 0.15) is 12.3 Å². The Bertz CT molecular complexity index is 403. The number of rotatable bonds is 5. The number of aldehydes is 1. The summed E-state index contributed by atoms with van der Waals surface area (Å²) in [5.74, 6) is -0.388. The van der Waals surface area contributed by atoms with Crippen LogP contribution in [0.15, 0.2) is 0 Å². The van der Waals surface area contributed by atoms with Crippen molar-refractivity contribution in [1.82, 2.24) is 15.5 Å². The van der Waals surface area contributed by atoms with Gasteiger partial charge in [-0.3, -0.25) is 9.59 Å². The predicted molar refractivity (Wildman–Crippen MR) is 80.7 cm³/mol. The molecule has 6 nitrogen and oxygen atoms in total. The molecule has 0 aromatic rings. The second kappa shape index (κ2) is 7.02. The van der Waals surface area contributed by atoms with Gasteiger partial charge in [-0.1, -0.05) is 20.8 Å². The summed E-state index contributed by atoms with van der Waals surface area (Å²) in [6.07, 6.45) is 2.35. The monoisotopic (exact) mass is 297 g/mol. The third-order valence-corrected chi connectivity index (χ3v) is 3.97. The smallest absolute Gasteiger partial charge is 0.246 e. The molecule has 0 unspecified atom stereocenters. The second-order valence-electron chi connectivity index (χ2n) is 6.70. The molecule has 2 amide bonds.